The van der Waals surface area contributed by atoms with Crippen molar-refractivity contribution in [2.75, 3.05) is 0 Å². The fourth-order valence-corrected chi connectivity index (χ4v) is 2.36. The van der Waals surface area contributed by atoms with Crippen LogP contribution in [-0.2, 0) is 6.42 Å². The molecular weight excluding hydrogens is 251 g/mol. The quantitative estimate of drug-likeness (QED) is 0.891. The van der Waals surface area contributed by atoms with Gasteiger partial charge in [-0.3, -0.25) is 5.10 Å². The van der Waals surface area contributed by atoms with Crippen molar-refractivity contribution < 1.29 is 4.39 Å². The van der Waals surface area contributed by atoms with E-state index in [1.807, 2.05) is 13.0 Å². The Morgan fingerprint density at radius 1 is 1.50 bits per heavy atom. The van der Waals surface area contributed by atoms with Gasteiger partial charge < -0.3 is 5.73 Å². The summed E-state index contributed by atoms with van der Waals surface area (Å²) in [6, 6.07) is 5.17. The molecule has 1 atom stereocenters. The van der Waals surface area contributed by atoms with Crippen molar-refractivity contribution in [1.82, 2.24) is 15.2 Å². The summed E-state index contributed by atoms with van der Waals surface area (Å²) in [5, 5.41) is 7.21. The van der Waals surface area contributed by atoms with Crippen LogP contribution in [0, 0.1) is 12.7 Å². The standard InChI is InChI=1S/C12H15FN4S/c1-7(14)5-9-3-4-11(10(13)6-9)18-12-15-8(2)16-17-12/h3-4,6-7H,5,14H2,1-2H3,(H,15,16,17). The molecule has 0 amide bonds. The average molecular weight is 266 g/mol. The lowest BCUT2D eigenvalue weighted by atomic mass is 10.1. The lowest BCUT2D eigenvalue weighted by molar-refractivity contribution is 0.597. The molecule has 0 aliphatic carbocycles. The SMILES string of the molecule is Cc1nc(Sc2ccc(CC(C)N)cc2F)n[nH]1. The zero-order valence-electron chi connectivity index (χ0n) is 10.3. The number of hydrogen-bond donors (Lipinski definition) is 2. The monoisotopic (exact) mass is 266 g/mol. The van der Waals surface area contributed by atoms with Gasteiger partial charge in [-0.15, -0.1) is 5.10 Å². The first kappa shape index (κ1) is 13.0. The van der Waals surface area contributed by atoms with Gasteiger partial charge in [0.1, 0.15) is 11.6 Å². The molecule has 18 heavy (non-hydrogen) atoms. The minimum Gasteiger partial charge on any atom is -0.328 e. The van der Waals surface area contributed by atoms with E-state index < -0.39 is 0 Å². The van der Waals surface area contributed by atoms with Gasteiger partial charge in [0.25, 0.3) is 0 Å². The third-order valence-electron chi connectivity index (χ3n) is 2.33. The number of nitrogens with zero attached hydrogens (tertiary/aromatic N) is 2. The Bertz CT molecular complexity index is 539. The Kier molecular flexibility index (Phi) is 3.98. The average Bonchev–Trinajstić information content (AvgIpc) is 2.67. The van der Waals surface area contributed by atoms with Crippen LogP contribution in [0.3, 0.4) is 0 Å². The Balaban J connectivity index is 2.14. The summed E-state index contributed by atoms with van der Waals surface area (Å²) < 4.78 is 13.9. The number of aromatic amines is 1. The molecule has 0 saturated carbocycles. The molecule has 96 valence electrons. The largest absolute Gasteiger partial charge is 0.328 e. The number of aryl methyl sites for hydroxylation is 1. The number of halogens is 1. The van der Waals surface area contributed by atoms with E-state index in [-0.39, 0.29) is 11.9 Å². The van der Waals surface area contributed by atoms with Crippen LogP contribution in [-0.4, -0.2) is 21.2 Å². The fraction of sp³-hybridized carbons (Fsp3) is 0.333. The summed E-state index contributed by atoms with van der Waals surface area (Å²) in [6.45, 7) is 3.70. The maximum Gasteiger partial charge on any atom is 0.213 e. The maximum atomic E-state index is 13.9. The number of nitrogens with two attached hydrogens (primary N) is 1. The molecule has 6 heteroatoms. The fourth-order valence-electron chi connectivity index (χ4n) is 1.59. The molecule has 3 N–H and O–H groups in total. The van der Waals surface area contributed by atoms with Gasteiger partial charge in [-0.1, -0.05) is 6.07 Å². The molecule has 1 unspecified atom stereocenters. The Labute approximate surface area is 109 Å². The highest BCUT2D eigenvalue weighted by Crippen LogP contribution is 2.27. The minimum absolute atomic E-state index is 0.0264. The Morgan fingerprint density at radius 3 is 2.83 bits per heavy atom. The number of aromatic nitrogens is 3. The van der Waals surface area contributed by atoms with Gasteiger partial charge in [0, 0.05) is 6.04 Å². The van der Waals surface area contributed by atoms with E-state index in [0.717, 1.165) is 5.56 Å². The van der Waals surface area contributed by atoms with E-state index in [2.05, 4.69) is 15.2 Å². The van der Waals surface area contributed by atoms with Crippen molar-refractivity contribution in [3.8, 4) is 0 Å². The number of rotatable bonds is 4. The predicted molar refractivity (Wildman–Crippen MR) is 69.0 cm³/mol. The topological polar surface area (TPSA) is 67.6 Å². The van der Waals surface area contributed by atoms with E-state index >= 15 is 0 Å². The van der Waals surface area contributed by atoms with Gasteiger partial charge in [0.05, 0.1) is 4.90 Å². The van der Waals surface area contributed by atoms with Gasteiger partial charge in [-0.25, -0.2) is 9.37 Å². The Morgan fingerprint density at radius 2 is 2.28 bits per heavy atom. The molecule has 1 heterocycles. The number of benzene rings is 1. The summed E-state index contributed by atoms with van der Waals surface area (Å²) in [5.74, 6) is 0.451. The maximum absolute atomic E-state index is 13.9. The van der Waals surface area contributed by atoms with Gasteiger partial charge in [-0.05, 0) is 49.7 Å². The molecule has 1 aromatic carbocycles. The van der Waals surface area contributed by atoms with Crippen molar-refractivity contribution in [2.45, 2.75) is 36.4 Å². The van der Waals surface area contributed by atoms with Crippen LogP contribution in [0.25, 0.3) is 0 Å². The van der Waals surface area contributed by atoms with Crippen LogP contribution < -0.4 is 5.73 Å². The van der Waals surface area contributed by atoms with Gasteiger partial charge in [-0.2, -0.15) is 0 Å². The highest BCUT2D eigenvalue weighted by Gasteiger charge is 2.09. The molecule has 0 saturated heterocycles. The van der Waals surface area contributed by atoms with Crippen LogP contribution in [0.15, 0.2) is 28.3 Å². The first-order chi connectivity index (χ1) is 8.54. The molecule has 0 aliphatic rings. The summed E-state index contributed by atoms with van der Waals surface area (Å²) in [6.07, 6.45) is 0.668. The smallest absolute Gasteiger partial charge is 0.213 e. The van der Waals surface area contributed by atoms with Gasteiger partial charge >= 0.3 is 0 Å². The zero-order valence-corrected chi connectivity index (χ0v) is 11.1. The van der Waals surface area contributed by atoms with E-state index in [9.17, 15) is 4.39 Å². The number of nitrogens with one attached hydrogen (secondary N) is 1. The second-order valence-corrected chi connectivity index (χ2v) is 5.26. The second-order valence-electron chi connectivity index (χ2n) is 4.25. The summed E-state index contributed by atoms with van der Waals surface area (Å²) in [5.41, 5.74) is 6.59. The third-order valence-corrected chi connectivity index (χ3v) is 3.25. The van der Waals surface area contributed by atoms with Crippen molar-refractivity contribution in [2.24, 2.45) is 5.73 Å². The molecule has 2 rings (SSSR count). The first-order valence-corrected chi connectivity index (χ1v) is 6.47. The van der Waals surface area contributed by atoms with Crippen molar-refractivity contribution in [3.63, 3.8) is 0 Å². The van der Waals surface area contributed by atoms with E-state index in [4.69, 9.17) is 5.73 Å². The zero-order chi connectivity index (χ0) is 13.1. The number of hydrogen-bond acceptors (Lipinski definition) is 4. The normalized spacial score (nSPS) is 12.7. The molecule has 0 spiro atoms. The van der Waals surface area contributed by atoms with Crippen LogP contribution >= 0.6 is 11.8 Å². The molecule has 0 aliphatic heterocycles. The van der Waals surface area contributed by atoms with Crippen LogP contribution in [0.5, 0.6) is 0 Å². The van der Waals surface area contributed by atoms with E-state index in [1.54, 1.807) is 13.0 Å². The van der Waals surface area contributed by atoms with Crippen molar-refractivity contribution in [3.05, 3.63) is 35.4 Å². The van der Waals surface area contributed by atoms with Gasteiger partial charge in [0.2, 0.25) is 5.16 Å². The molecule has 0 bridgehead atoms. The van der Waals surface area contributed by atoms with Crippen LogP contribution in [0.1, 0.15) is 18.3 Å². The highest BCUT2D eigenvalue weighted by molar-refractivity contribution is 7.99. The summed E-state index contributed by atoms with van der Waals surface area (Å²) >= 11 is 1.20. The van der Waals surface area contributed by atoms with Crippen LogP contribution in [0.2, 0.25) is 0 Å². The van der Waals surface area contributed by atoms with Gasteiger partial charge in [0.15, 0.2) is 0 Å². The molecule has 4 nitrogen and oxygen atoms in total. The van der Waals surface area contributed by atoms with Crippen molar-refractivity contribution in [1.29, 1.82) is 0 Å². The summed E-state index contributed by atoms with van der Waals surface area (Å²) in [7, 11) is 0. The highest BCUT2D eigenvalue weighted by atomic mass is 32.2. The molecule has 0 fully saturated rings. The minimum atomic E-state index is -0.263. The molecule has 1 aromatic heterocycles. The lowest BCUT2D eigenvalue weighted by Gasteiger charge is -2.06. The molecule has 2 aromatic rings. The summed E-state index contributed by atoms with van der Waals surface area (Å²) in [4.78, 5) is 4.64. The first-order valence-electron chi connectivity index (χ1n) is 5.65. The Hall–Kier alpha value is -1.40. The molecule has 0 radical (unpaired) electrons. The molecular formula is C12H15FN4S. The third kappa shape index (κ3) is 3.30. The van der Waals surface area contributed by atoms with Crippen LogP contribution in [0.4, 0.5) is 4.39 Å². The second kappa shape index (κ2) is 5.49. The lowest BCUT2D eigenvalue weighted by Crippen LogP contribution is -2.17. The van der Waals surface area contributed by atoms with E-state index in [1.165, 1.54) is 17.8 Å². The van der Waals surface area contributed by atoms with Crippen molar-refractivity contribution >= 4 is 11.8 Å². The number of H-pyrrole nitrogens is 1. The van der Waals surface area contributed by atoms with E-state index in [0.29, 0.717) is 22.3 Å². The predicted octanol–water partition coefficient (Wildman–Crippen LogP) is 2.29.